The summed E-state index contributed by atoms with van der Waals surface area (Å²) in [5, 5.41) is 21.3. The highest BCUT2D eigenvalue weighted by Crippen LogP contribution is 2.27. The molecule has 19 heavy (non-hydrogen) atoms. The maximum absolute atomic E-state index is 11.7. The van der Waals surface area contributed by atoms with Gasteiger partial charge in [-0.25, -0.2) is 0 Å². The topological polar surface area (TPSA) is 95.9 Å². The number of nitrogens with one attached hydrogen (secondary N) is 1. The summed E-state index contributed by atoms with van der Waals surface area (Å²) in [6.07, 6.45) is 0.671. The van der Waals surface area contributed by atoms with Crippen molar-refractivity contribution < 1.29 is 24.5 Å². The second kappa shape index (κ2) is 7.25. The van der Waals surface area contributed by atoms with E-state index < -0.39 is 11.7 Å². The molecule has 0 aliphatic rings. The van der Waals surface area contributed by atoms with E-state index in [0.717, 1.165) is 0 Å². The molecule has 0 unspecified atom stereocenters. The Kier molecular flexibility index (Phi) is 5.66. The molecular weight excluding hydrogens is 250 g/mol. The summed E-state index contributed by atoms with van der Waals surface area (Å²) in [6.45, 7) is 2.35. The van der Waals surface area contributed by atoms with E-state index in [1.807, 2.05) is 0 Å². The van der Waals surface area contributed by atoms with Crippen LogP contribution < -0.4 is 5.32 Å². The van der Waals surface area contributed by atoms with Crippen molar-refractivity contribution in [3.63, 3.8) is 0 Å². The van der Waals surface area contributed by atoms with Gasteiger partial charge >= 0.3 is 5.97 Å². The minimum absolute atomic E-state index is 0.00358. The van der Waals surface area contributed by atoms with Gasteiger partial charge in [0, 0.05) is 13.0 Å². The SMILES string of the molecule is CCOC(=O)CCCNC(=O)c1cccc(O)c1O. The zero-order chi connectivity index (χ0) is 14.3. The molecule has 1 amide bonds. The molecule has 1 aromatic rings. The molecule has 0 fully saturated rings. The normalized spacial score (nSPS) is 9.95. The number of para-hydroxylation sites is 1. The first-order valence-electron chi connectivity index (χ1n) is 6.01. The number of phenols is 2. The number of aromatic hydroxyl groups is 2. The fourth-order valence-corrected chi connectivity index (χ4v) is 1.48. The molecule has 6 heteroatoms. The van der Waals surface area contributed by atoms with E-state index in [0.29, 0.717) is 13.0 Å². The van der Waals surface area contributed by atoms with Gasteiger partial charge in [0.05, 0.1) is 12.2 Å². The summed E-state index contributed by atoms with van der Waals surface area (Å²) >= 11 is 0. The quantitative estimate of drug-likeness (QED) is 0.408. The molecule has 0 saturated carbocycles. The fourth-order valence-electron chi connectivity index (χ4n) is 1.48. The zero-order valence-electron chi connectivity index (χ0n) is 10.7. The second-order valence-corrected chi connectivity index (χ2v) is 3.84. The van der Waals surface area contributed by atoms with Crippen LogP contribution in [0.15, 0.2) is 18.2 Å². The van der Waals surface area contributed by atoms with Crippen LogP contribution in [-0.4, -0.2) is 35.2 Å². The minimum atomic E-state index is -0.503. The number of hydrogen-bond acceptors (Lipinski definition) is 5. The molecule has 0 aliphatic heterocycles. The van der Waals surface area contributed by atoms with Gasteiger partial charge in [-0.05, 0) is 25.5 Å². The second-order valence-electron chi connectivity index (χ2n) is 3.84. The summed E-state index contributed by atoms with van der Waals surface area (Å²) < 4.78 is 4.74. The third kappa shape index (κ3) is 4.50. The monoisotopic (exact) mass is 267 g/mol. The molecule has 0 aliphatic carbocycles. The highest BCUT2D eigenvalue weighted by atomic mass is 16.5. The Morgan fingerprint density at radius 2 is 2.05 bits per heavy atom. The number of phenolic OH excluding ortho intramolecular Hbond substituents is 2. The molecule has 0 radical (unpaired) electrons. The van der Waals surface area contributed by atoms with E-state index in [1.54, 1.807) is 6.92 Å². The number of esters is 1. The highest BCUT2D eigenvalue weighted by molar-refractivity contribution is 5.97. The lowest BCUT2D eigenvalue weighted by atomic mass is 10.1. The van der Waals surface area contributed by atoms with E-state index in [9.17, 15) is 19.8 Å². The maximum atomic E-state index is 11.7. The van der Waals surface area contributed by atoms with Crippen LogP contribution in [0.1, 0.15) is 30.1 Å². The molecule has 0 heterocycles. The average Bonchev–Trinajstić information content (AvgIpc) is 2.38. The minimum Gasteiger partial charge on any atom is -0.504 e. The third-order valence-corrected chi connectivity index (χ3v) is 2.41. The summed E-state index contributed by atoms with van der Waals surface area (Å²) in [5.41, 5.74) is -0.00358. The number of carbonyl (C=O) groups is 2. The van der Waals surface area contributed by atoms with Crippen LogP contribution >= 0.6 is 0 Å². The standard InChI is InChI=1S/C13H17NO5/c1-2-19-11(16)7-4-8-14-13(18)9-5-3-6-10(15)12(9)17/h3,5-6,15,17H,2,4,7-8H2,1H3,(H,14,18). The Labute approximate surface area is 111 Å². The smallest absolute Gasteiger partial charge is 0.305 e. The van der Waals surface area contributed by atoms with Crippen molar-refractivity contribution in [3.8, 4) is 11.5 Å². The van der Waals surface area contributed by atoms with E-state index in [4.69, 9.17) is 4.74 Å². The summed E-state index contributed by atoms with van der Waals surface area (Å²) in [6, 6.07) is 4.14. The maximum Gasteiger partial charge on any atom is 0.305 e. The molecular formula is C13H17NO5. The Morgan fingerprint density at radius 1 is 1.32 bits per heavy atom. The van der Waals surface area contributed by atoms with E-state index >= 15 is 0 Å². The van der Waals surface area contributed by atoms with Crippen LogP contribution in [0.3, 0.4) is 0 Å². The molecule has 6 nitrogen and oxygen atoms in total. The van der Waals surface area contributed by atoms with Gasteiger partial charge in [0.2, 0.25) is 0 Å². The first-order chi connectivity index (χ1) is 9.06. The summed E-state index contributed by atoms with van der Waals surface area (Å²) in [7, 11) is 0. The molecule has 3 N–H and O–H groups in total. The van der Waals surface area contributed by atoms with Crippen molar-refractivity contribution in [2.75, 3.05) is 13.2 Å². The van der Waals surface area contributed by atoms with Crippen LogP contribution in [0.5, 0.6) is 11.5 Å². The Bertz CT molecular complexity index is 458. The van der Waals surface area contributed by atoms with Crippen molar-refractivity contribution in [2.45, 2.75) is 19.8 Å². The number of hydrogen-bond donors (Lipinski definition) is 3. The van der Waals surface area contributed by atoms with Crippen molar-refractivity contribution in [1.82, 2.24) is 5.32 Å². The van der Waals surface area contributed by atoms with Gasteiger partial charge in [0.1, 0.15) is 0 Å². The largest absolute Gasteiger partial charge is 0.504 e. The van der Waals surface area contributed by atoms with Crippen molar-refractivity contribution in [1.29, 1.82) is 0 Å². The van der Waals surface area contributed by atoms with Gasteiger partial charge in [-0.3, -0.25) is 9.59 Å². The number of benzene rings is 1. The first-order valence-corrected chi connectivity index (χ1v) is 6.01. The van der Waals surface area contributed by atoms with Crippen molar-refractivity contribution >= 4 is 11.9 Å². The lowest BCUT2D eigenvalue weighted by Gasteiger charge is -2.07. The Morgan fingerprint density at radius 3 is 2.74 bits per heavy atom. The Hall–Kier alpha value is -2.24. The predicted molar refractivity (Wildman–Crippen MR) is 68.0 cm³/mol. The van der Waals surface area contributed by atoms with Crippen LogP contribution in [0.2, 0.25) is 0 Å². The predicted octanol–water partition coefficient (Wildman–Crippen LogP) is 1.17. The molecule has 1 aromatic carbocycles. The van der Waals surface area contributed by atoms with Crippen LogP contribution in [0, 0.1) is 0 Å². The molecule has 104 valence electrons. The van der Waals surface area contributed by atoms with Gasteiger partial charge in [0.15, 0.2) is 11.5 Å². The van der Waals surface area contributed by atoms with E-state index in [2.05, 4.69) is 5.32 Å². The lowest BCUT2D eigenvalue weighted by Crippen LogP contribution is -2.25. The molecule has 1 rings (SSSR count). The first kappa shape index (κ1) is 14.8. The van der Waals surface area contributed by atoms with Crippen LogP contribution in [0.4, 0.5) is 0 Å². The van der Waals surface area contributed by atoms with Gasteiger partial charge in [-0.15, -0.1) is 0 Å². The van der Waals surface area contributed by atoms with Gasteiger partial charge in [-0.2, -0.15) is 0 Å². The zero-order valence-corrected chi connectivity index (χ0v) is 10.7. The Balaban J connectivity index is 2.40. The van der Waals surface area contributed by atoms with Crippen LogP contribution in [0.25, 0.3) is 0 Å². The number of amides is 1. The highest BCUT2D eigenvalue weighted by Gasteiger charge is 2.13. The summed E-state index contributed by atoms with van der Waals surface area (Å²) in [5.74, 6) is -1.61. The molecule has 0 atom stereocenters. The molecule has 0 bridgehead atoms. The molecule has 0 saturated heterocycles. The van der Waals surface area contributed by atoms with Crippen LogP contribution in [-0.2, 0) is 9.53 Å². The molecule has 0 spiro atoms. The number of ether oxygens (including phenoxy) is 1. The summed E-state index contributed by atoms with van der Waals surface area (Å²) in [4.78, 5) is 22.7. The van der Waals surface area contributed by atoms with E-state index in [1.165, 1.54) is 18.2 Å². The van der Waals surface area contributed by atoms with Gasteiger partial charge in [-0.1, -0.05) is 6.07 Å². The third-order valence-electron chi connectivity index (χ3n) is 2.41. The average molecular weight is 267 g/mol. The van der Waals surface area contributed by atoms with E-state index in [-0.39, 0.29) is 30.2 Å². The van der Waals surface area contributed by atoms with Crippen molar-refractivity contribution in [2.24, 2.45) is 0 Å². The fraction of sp³-hybridized carbons (Fsp3) is 0.385. The number of rotatable bonds is 6. The molecule has 0 aromatic heterocycles. The van der Waals surface area contributed by atoms with Crippen molar-refractivity contribution in [3.05, 3.63) is 23.8 Å². The van der Waals surface area contributed by atoms with Gasteiger partial charge < -0.3 is 20.3 Å². The van der Waals surface area contributed by atoms with Gasteiger partial charge in [0.25, 0.3) is 5.91 Å². The number of carbonyl (C=O) groups excluding carboxylic acids is 2. The lowest BCUT2D eigenvalue weighted by molar-refractivity contribution is -0.143.